The van der Waals surface area contributed by atoms with Crippen molar-refractivity contribution in [2.45, 2.75) is 13.5 Å². The van der Waals surface area contributed by atoms with Crippen molar-refractivity contribution < 1.29 is 19.1 Å². The average molecular weight is 385 g/mol. The summed E-state index contributed by atoms with van der Waals surface area (Å²) in [4.78, 5) is 35.8. The van der Waals surface area contributed by atoms with Crippen LogP contribution in [0.1, 0.15) is 22.8 Å². The molecule has 0 aliphatic carbocycles. The Hall–Kier alpha value is -2.44. The van der Waals surface area contributed by atoms with E-state index >= 15 is 0 Å². The van der Waals surface area contributed by atoms with Crippen LogP contribution < -0.4 is 5.32 Å². The maximum atomic E-state index is 12.7. The Labute approximate surface area is 163 Å². The van der Waals surface area contributed by atoms with Gasteiger partial charge in [0.2, 0.25) is 0 Å². The Bertz CT molecular complexity index is 749. The number of hydrogen-bond acceptors (Lipinski definition) is 6. The number of nitrogens with one attached hydrogen (secondary N) is 1. The number of carbonyl (C=O) groups excluding carboxylic acids is 3. The van der Waals surface area contributed by atoms with Crippen LogP contribution in [0.2, 0.25) is 0 Å². The fraction of sp³-hybridized carbons (Fsp3) is 0.286. The van der Waals surface area contributed by atoms with Crippen molar-refractivity contribution >= 4 is 28.6 Å². The highest BCUT2D eigenvalue weighted by molar-refractivity contribution is 8.13. The lowest BCUT2D eigenvalue weighted by Crippen LogP contribution is -2.34. The van der Waals surface area contributed by atoms with Crippen molar-refractivity contribution in [1.82, 2.24) is 5.32 Å². The molecule has 2 aromatic carbocycles. The molecule has 0 heterocycles. The lowest BCUT2D eigenvalue weighted by Gasteiger charge is -2.16. The zero-order valence-electron chi connectivity index (χ0n) is 15.2. The van der Waals surface area contributed by atoms with Gasteiger partial charge in [0, 0.05) is 30.7 Å². The predicted molar refractivity (Wildman–Crippen MR) is 107 cm³/mol. The van der Waals surface area contributed by atoms with Gasteiger partial charge in [-0.3, -0.25) is 14.4 Å². The molecule has 0 spiro atoms. The molecule has 0 saturated heterocycles. The zero-order valence-corrected chi connectivity index (χ0v) is 16.0. The van der Waals surface area contributed by atoms with Crippen molar-refractivity contribution in [2.24, 2.45) is 5.92 Å². The summed E-state index contributed by atoms with van der Waals surface area (Å²) in [6.07, 6.45) is 0. The minimum atomic E-state index is -0.400. The molecule has 0 saturated carbocycles. The van der Waals surface area contributed by atoms with E-state index in [4.69, 9.17) is 4.74 Å². The quantitative estimate of drug-likeness (QED) is 0.500. The Kier molecular flexibility index (Phi) is 8.74. The van der Waals surface area contributed by atoms with E-state index in [9.17, 15) is 14.4 Å². The lowest BCUT2D eigenvalue weighted by molar-refractivity contribution is -0.143. The van der Waals surface area contributed by atoms with Gasteiger partial charge in [0.15, 0.2) is 10.9 Å². The van der Waals surface area contributed by atoms with E-state index in [1.807, 2.05) is 36.4 Å². The van der Waals surface area contributed by atoms with Crippen LogP contribution in [0.15, 0.2) is 60.7 Å². The summed E-state index contributed by atoms with van der Waals surface area (Å²) in [5.74, 6) is -0.462. The molecule has 0 aliphatic rings. The van der Waals surface area contributed by atoms with Crippen LogP contribution in [0.4, 0.5) is 0 Å². The van der Waals surface area contributed by atoms with Crippen molar-refractivity contribution in [3.05, 3.63) is 71.8 Å². The number of benzene rings is 2. The molecule has 0 aromatic heterocycles. The molecule has 0 aliphatic heterocycles. The van der Waals surface area contributed by atoms with Gasteiger partial charge in [0.05, 0.1) is 6.54 Å². The van der Waals surface area contributed by atoms with E-state index in [-0.39, 0.29) is 30.0 Å². The molecule has 1 atom stereocenters. The van der Waals surface area contributed by atoms with Crippen LogP contribution >= 0.6 is 11.8 Å². The van der Waals surface area contributed by atoms with Gasteiger partial charge in [-0.05, 0) is 5.56 Å². The third-order valence-electron chi connectivity index (χ3n) is 3.82. The largest absolute Gasteiger partial charge is 0.460 e. The number of ether oxygens (including phenoxy) is 1. The first-order valence-electron chi connectivity index (χ1n) is 8.69. The van der Waals surface area contributed by atoms with Gasteiger partial charge in [0.1, 0.15) is 6.61 Å². The minimum absolute atomic E-state index is 0.0101. The van der Waals surface area contributed by atoms with Crippen molar-refractivity contribution in [1.29, 1.82) is 0 Å². The summed E-state index contributed by atoms with van der Waals surface area (Å²) in [5.41, 5.74) is 1.51. The first kappa shape index (κ1) is 20.9. The Morgan fingerprint density at radius 3 is 2.26 bits per heavy atom. The van der Waals surface area contributed by atoms with Crippen molar-refractivity contribution in [3.8, 4) is 0 Å². The number of esters is 1. The normalized spacial score (nSPS) is 11.6. The molecule has 5 nitrogen and oxygen atoms in total. The minimum Gasteiger partial charge on any atom is -0.460 e. The van der Waals surface area contributed by atoms with Gasteiger partial charge in [-0.1, -0.05) is 72.4 Å². The van der Waals surface area contributed by atoms with E-state index in [1.165, 1.54) is 6.92 Å². The molecule has 142 valence electrons. The number of ketones is 1. The van der Waals surface area contributed by atoms with E-state index in [0.717, 1.165) is 17.3 Å². The Balaban J connectivity index is 1.82. The smallest absolute Gasteiger partial charge is 0.320 e. The second-order valence-electron chi connectivity index (χ2n) is 6.01. The number of rotatable bonds is 10. The van der Waals surface area contributed by atoms with Gasteiger partial charge >= 0.3 is 5.97 Å². The molecular weight excluding hydrogens is 362 g/mol. The molecule has 0 fully saturated rings. The van der Waals surface area contributed by atoms with Crippen molar-refractivity contribution in [2.75, 3.05) is 18.8 Å². The second kappa shape index (κ2) is 11.3. The predicted octanol–water partition coefficient (Wildman–Crippen LogP) is 3.10. The molecule has 0 radical (unpaired) electrons. The fourth-order valence-electron chi connectivity index (χ4n) is 2.42. The van der Waals surface area contributed by atoms with Gasteiger partial charge in [-0.25, -0.2) is 0 Å². The maximum Gasteiger partial charge on any atom is 0.320 e. The number of Topliss-reactive ketones (excluding diaryl/α,β-unsaturated/α-hetero) is 1. The molecule has 2 rings (SSSR count). The monoisotopic (exact) mass is 385 g/mol. The van der Waals surface area contributed by atoms with Crippen LogP contribution in [-0.2, 0) is 20.9 Å². The van der Waals surface area contributed by atoms with Crippen molar-refractivity contribution in [3.63, 3.8) is 0 Å². The van der Waals surface area contributed by atoms with Gasteiger partial charge in [-0.15, -0.1) is 0 Å². The second-order valence-corrected chi connectivity index (χ2v) is 7.20. The van der Waals surface area contributed by atoms with Crippen LogP contribution in [-0.4, -0.2) is 35.7 Å². The summed E-state index contributed by atoms with van der Waals surface area (Å²) in [6.45, 7) is 2.00. The fourth-order valence-corrected chi connectivity index (χ4v) is 3.13. The summed E-state index contributed by atoms with van der Waals surface area (Å²) in [7, 11) is 0. The third-order valence-corrected chi connectivity index (χ3v) is 4.80. The highest BCUT2D eigenvalue weighted by Crippen LogP contribution is 2.15. The summed E-state index contributed by atoms with van der Waals surface area (Å²) in [6, 6.07) is 18.4. The molecule has 2 aromatic rings. The topological polar surface area (TPSA) is 72.5 Å². The third kappa shape index (κ3) is 7.76. The molecule has 27 heavy (non-hydrogen) atoms. The molecule has 1 unspecified atom stereocenters. The Morgan fingerprint density at radius 1 is 1.00 bits per heavy atom. The summed E-state index contributed by atoms with van der Waals surface area (Å²) in [5, 5.41) is 2.94. The van der Waals surface area contributed by atoms with Gasteiger partial charge < -0.3 is 10.1 Å². The van der Waals surface area contributed by atoms with Crippen LogP contribution in [0.5, 0.6) is 0 Å². The molecule has 1 N–H and O–H groups in total. The highest BCUT2D eigenvalue weighted by atomic mass is 32.2. The molecule has 0 bridgehead atoms. The van der Waals surface area contributed by atoms with E-state index in [0.29, 0.717) is 17.9 Å². The molecule has 6 heteroatoms. The maximum absolute atomic E-state index is 12.7. The summed E-state index contributed by atoms with van der Waals surface area (Å²) >= 11 is 1.11. The van der Waals surface area contributed by atoms with Crippen LogP contribution in [0.25, 0.3) is 0 Å². The van der Waals surface area contributed by atoms with Gasteiger partial charge in [0.25, 0.3) is 0 Å². The average Bonchev–Trinajstić information content (AvgIpc) is 2.69. The lowest BCUT2D eigenvalue weighted by atomic mass is 9.99. The first-order valence-corrected chi connectivity index (χ1v) is 9.67. The number of hydrogen-bond donors (Lipinski definition) is 1. The van der Waals surface area contributed by atoms with Crippen LogP contribution in [0, 0.1) is 5.92 Å². The van der Waals surface area contributed by atoms with E-state index < -0.39 is 5.92 Å². The molecule has 0 amide bonds. The zero-order chi connectivity index (χ0) is 19.5. The number of thioether (sulfide) groups is 1. The highest BCUT2D eigenvalue weighted by Gasteiger charge is 2.21. The van der Waals surface area contributed by atoms with E-state index in [2.05, 4.69) is 5.32 Å². The van der Waals surface area contributed by atoms with E-state index in [1.54, 1.807) is 24.3 Å². The molecular formula is C21H23NO4S. The Morgan fingerprint density at radius 2 is 1.63 bits per heavy atom. The van der Waals surface area contributed by atoms with Gasteiger partial charge in [-0.2, -0.15) is 0 Å². The SMILES string of the molecule is CC(=O)SCC(CNCC(=O)OCc1ccccc1)C(=O)c1ccccc1. The summed E-state index contributed by atoms with van der Waals surface area (Å²) < 4.78 is 5.21. The standard InChI is InChI=1S/C21H23NO4S/c1-16(23)27-15-19(21(25)18-10-6-3-7-11-18)12-22-13-20(24)26-14-17-8-4-2-5-9-17/h2-11,19,22H,12-15H2,1H3. The first-order chi connectivity index (χ1) is 13.1. The number of carbonyl (C=O) groups is 3. The van der Waals surface area contributed by atoms with Crippen LogP contribution in [0.3, 0.4) is 0 Å².